The Morgan fingerprint density at radius 2 is 2.42 bits per heavy atom. The molecule has 2 heterocycles. The fraction of sp³-hybridized carbons (Fsp3) is 0.333. The maximum atomic E-state index is 10.9. The highest BCUT2D eigenvalue weighted by atomic mass is 32.2. The molecule has 0 spiro atoms. The highest BCUT2D eigenvalue weighted by Gasteiger charge is 2.26. The first-order valence-corrected chi connectivity index (χ1v) is 7.62. The second-order valence-corrected chi connectivity index (χ2v) is 6.87. The summed E-state index contributed by atoms with van der Waals surface area (Å²) in [5.41, 5.74) is 6.61. The van der Waals surface area contributed by atoms with Crippen LogP contribution in [0.25, 0.3) is 10.2 Å². The van der Waals surface area contributed by atoms with Crippen molar-refractivity contribution in [3.63, 3.8) is 0 Å². The van der Waals surface area contributed by atoms with Crippen LogP contribution in [0.3, 0.4) is 0 Å². The number of carbonyl (C=O) groups is 1. The molecule has 3 N–H and O–H groups in total. The fourth-order valence-corrected chi connectivity index (χ4v) is 4.23. The van der Waals surface area contributed by atoms with Crippen molar-refractivity contribution in [2.45, 2.75) is 16.6 Å². The highest BCUT2D eigenvalue weighted by Crippen LogP contribution is 2.33. The molecule has 7 heteroatoms. The summed E-state index contributed by atoms with van der Waals surface area (Å²) in [5, 5.41) is 9.85. The summed E-state index contributed by atoms with van der Waals surface area (Å²) >= 11 is 3.21. The number of rotatable bonds is 2. The lowest BCUT2D eigenvalue weighted by Crippen LogP contribution is -2.26. The Morgan fingerprint density at radius 3 is 3.16 bits per heavy atom. The van der Waals surface area contributed by atoms with Crippen molar-refractivity contribution in [3.8, 4) is 0 Å². The van der Waals surface area contributed by atoms with Crippen molar-refractivity contribution < 1.29 is 9.90 Å². The molecule has 0 bridgehead atoms. The number of nitrogens with zero attached hydrogens (tertiary/aromatic N) is 2. The van der Waals surface area contributed by atoms with E-state index in [0.29, 0.717) is 23.5 Å². The molecule has 0 unspecified atom stereocenters. The van der Waals surface area contributed by atoms with Gasteiger partial charge in [-0.25, -0.2) is 9.78 Å². The van der Waals surface area contributed by atoms with Gasteiger partial charge < -0.3 is 15.7 Å². The summed E-state index contributed by atoms with van der Waals surface area (Å²) in [6, 6.07) is 6.07. The molecule has 0 aliphatic carbocycles. The predicted molar refractivity (Wildman–Crippen MR) is 77.9 cm³/mol. The van der Waals surface area contributed by atoms with Crippen molar-refractivity contribution in [1.82, 2.24) is 9.88 Å². The second-order valence-electron chi connectivity index (χ2n) is 4.44. The standard InChI is InChI=1S/C12H13N3O2S2/c13-11-14-9-2-1-7(5-10(9)19-11)18-8-3-4-15(6-8)12(16)17/h1-2,5,8H,3-4,6H2,(H2,13,14)(H,16,17)/t8-/m0/s1. The first-order valence-electron chi connectivity index (χ1n) is 5.92. The van der Waals surface area contributed by atoms with Gasteiger partial charge in [-0.2, -0.15) is 0 Å². The van der Waals surface area contributed by atoms with Gasteiger partial charge in [0, 0.05) is 23.2 Å². The van der Waals surface area contributed by atoms with Crippen LogP contribution < -0.4 is 5.73 Å². The van der Waals surface area contributed by atoms with E-state index < -0.39 is 6.09 Å². The number of amides is 1. The second kappa shape index (κ2) is 4.90. The summed E-state index contributed by atoms with van der Waals surface area (Å²) < 4.78 is 1.08. The maximum Gasteiger partial charge on any atom is 0.407 e. The average Bonchev–Trinajstić information content (AvgIpc) is 2.94. The van der Waals surface area contributed by atoms with E-state index in [0.717, 1.165) is 21.5 Å². The molecule has 5 nitrogen and oxygen atoms in total. The number of carboxylic acid groups (broad SMARTS) is 1. The van der Waals surface area contributed by atoms with Crippen LogP contribution in [0.2, 0.25) is 0 Å². The summed E-state index contributed by atoms with van der Waals surface area (Å²) in [6.07, 6.45) is 0.0774. The van der Waals surface area contributed by atoms with E-state index in [1.54, 1.807) is 11.8 Å². The van der Waals surface area contributed by atoms with Gasteiger partial charge in [0.15, 0.2) is 5.13 Å². The third kappa shape index (κ3) is 2.62. The molecule has 1 aliphatic heterocycles. The van der Waals surface area contributed by atoms with Gasteiger partial charge in [0.2, 0.25) is 0 Å². The Labute approximate surface area is 118 Å². The summed E-state index contributed by atoms with van der Waals surface area (Å²) in [5.74, 6) is 0. The smallest absolute Gasteiger partial charge is 0.407 e. The van der Waals surface area contributed by atoms with Crippen molar-refractivity contribution in [1.29, 1.82) is 0 Å². The topological polar surface area (TPSA) is 79.5 Å². The Morgan fingerprint density at radius 1 is 1.58 bits per heavy atom. The van der Waals surface area contributed by atoms with Gasteiger partial charge >= 0.3 is 6.09 Å². The van der Waals surface area contributed by atoms with Crippen molar-refractivity contribution in [2.75, 3.05) is 18.8 Å². The van der Waals surface area contributed by atoms with Crippen LogP contribution in [0.1, 0.15) is 6.42 Å². The van der Waals surface area contributed by atoms with Gasteiger partial charge in [0.05, 0.1) is 10.2 Å². The number of thioether (sulfide) groups is 1. The molecule has 1 amide bonds. The lowest BCUT2D eigenvalue weighted by Gasteiger charge is -2.11. The summed E-state index contributed by atoms with van der Waals surface area (Å²) in [6.45, 7) is 1.23. The van der Waals surface area contributed by atoms with Gasteiger partial charge in [-0.3, -0.25) is 0 Å². The first-order chi connectivity index (χ1) is 9.11. The molecule has 1 aliphatic rings. The van der Waals surface area contributed by atoms with Crippen molar-refractivity contribution in [2.24, 2.45) is 0 Å². The van der Waals surface area contributed by atoms with Crippen LogP contribution in [0, 0.1) is 0 Å². The monoisotopic (exact) mass is 295 g/mol. The number of benzene rings is 1. The fourth-order valence-electron chi connectivity index (χ4n) is 2.19. The van der Waals surface area contributed by atoms with Crippen LogP contribution in [0.4, 0.5) is 9.93 Å². The van der Waals surface area contributed by atoms with Crippen LogP contribution in [0.15, 0.2) is 23.1 Å². The van der Waals surface area contributed by atoms with E-state index in [1.807, 2.05) is 12.1 Å². The van der Waals surface area contributed by atoms with E-state index in [2.05, 4.69) is 11.1 Å². The zero-order valence-corrected chi connectivity index (χ0v) is 11.7. The molecule has 0 saturated carbocycles. The van der Waals surface area contributed by atoms with Gasteiger partial charge in [-0.05, 0) is 24.6 Å². The molecule has 1 atom stereocenters. The third-order valence-corrected chi connectivity index (χ3v) is 5.19. The van der Waals surface area contributed by atoms with Crippen LogP contribution in [-0.4, -0.2) is 39.4 Å². The third-order valence-electron chi connectivity index (χ3n) is 3.09. The Hall–Kier alpha value is -1.47. The number of likely N-dealkylation sites (tertiary alicyclic amines) is 1. The molecule has 2 aromatic rings. The lowest BCUT2D eigenvalue weighted by molar-refractivity contribution is 0.156. The zero-order chi connectivity index (χ0) is 13.4. The van der Waals surface area contributed by atoms with Crippen LogP contribution in [0.5, 0.6) is 0 Å². The highest BCUT2D eigenvalue weighted by molar-refractivity contribution is 8.00. The van der Waals surface area contributed by atoms with Crippen LogP contribution in [-0.2, 0) is 0 Å². The molecule has 1 saturated heterocycles. The normalized spacial score (nSPS) is 19.2. The summed E-state index contributed by atoms with van der Waals surface area (Å²) in [4.78, 5) is 17.7. The molecule has 3 rings (SSSR count). The van der Waals surface area contributed by atoms with E-state index >= 15 is 0 Å². The number of aromatic nitrogens is 1. The van der Waals surface area contributed by atoms with Gasteiger partial charge in [-0.1, -0.05) is 11.3 Å². The number of fused-ring (bicyclic) bond motifs is 1. The number of thiazole rings is 1. The van der Waals surface area contributed by atoms with Gasteiger partial charge in [0.25, 0.3) is 0 Å². The molecule has 100 valence electrons. The van der Waals surface area contributed by atoms with E-state index in [1.165, 1.54) is 16.2 Å². The quantitative estimate of drug-likeness (QED) is 0.890. The summed E-state index contributed by atoms with van der Waals surface area (Å²) in [7, 11) is 0. The van der Waals surface area contributed by atoms with E-state index in [9.17, 15) is 4.79 Å². The Kier molecular flexibility index (Phi) is 3.24. The lowest BCUT2D eigenvalue weighted by atomic mass is 10.3. The number of nitrogen functional groups attached to an aromatic ring is 1. The number of hydrogen-bond acceptors (Lipinski definition) is 5. The van der Waals surface area contributed by atoms with Crippen LogP contribution >= 0.6 is 23.1 Å². The molecule has 1 aromatic heterocycles. The van der Waals surface area contributed by atoms with E-state index in [-0.39, 0.29) is 0 Å². The molecule has 0 radical (unpaired) electrons. The minimum atomic E-state index is -0.825. The molecule has 1 fully saturated rings. The Bertz CT molecular complexity index is 628. The zero-order valence-electron chi connectivity index (χ0n) is 10.1. The number of anilines is 1. The molecular weight excluding hydrogens is 282 g/mol. The first kappa shape index (κ1) is 12.6. The van der Waals surface area contributed by atoms with E-state index in [4.69, 9.17) is 10.8 Å². The van der Waals surface area contributed by atoms with Gasteiger partial charge in [0.1, 0.15) is 0 Å². The number of hydrogen-bond donors (Lipinski definition) is 2. The molecular formula is C12H13N3O2S2. The minimum absolute atomic E-state index is 0.332. The van der Waals surface area contributed by atoms with Crippen molar-refractivity contribution >= 4 is 44.5 Å². The number of nitrogens with two attached hydrogens (primary N) is 1. The predicted octanol–water partition coefficient (Wildman–Crippen LogP) is 2.72. The largest absolute Gasteiger partial charge is 0.465 e. The van der Waals surface area contributed by atoms with Gasteiger partial charge in [-0.15, -0.1) is 11.8 Å². The molecule has 19 heavy (non-hydrogen) atoms. The minimum Gasteiger partial charge on any atom is -0.465 e. The van der Waals surface area contributed by atoms with Crippen molar-refractivity contribution in [3.05, 3.63) is 18.2 Å². The Balaban J connectivity index is 1.73. The molecule has 1 aromatic carbocycles. The SMILES string of the molecule is Nc1nc2ccc(S[C@H]3CCN(C(=O)O)C3)cc2s1. The maximum absolute atomic E-state index is 10.9. The average molecular weight is 295 g/mol.